The zero-order chi connectivity index (χ0) is 96.3. The van der Waals surface area contributed by atoms with Crippen molar-refractivity contribution in [1.29, 1.82) is 0 Å². The quantitative estimate of drug-likeness (QED) is 0.0688. The number of piperidine rings is 2. The Bertz CT molecular complexity index is 3760. The Hall–Kier alpha value is -6.70. The van der Waals surface area contributed by atoms with Crippen LogP contribution in [0.3, 0.4) is 0 Å². The number of rotatable bonds is 12. The summed E-state index contributed by atoms with van der Waals surface area (Å²) in [5, 5.41) is 57.2. The summed E-state index contributed by atoms with van der Waals surface area (Å²) in [6.45, 7) is 27.8. The van der Waals surface area contributed by atoms with Crippen LogP contribution in [0.15, 0.2) is 95.2 Å². The van der Waals surface area contributed by atoms with Gasteiger partial charge in [-0.15, -0.1) is 0 Å². The number of allylic oxidation sites excluding steroid dienone is 12. The molecule has 0 aromatic rings. The lowest BCUT2D eigenvalue weighted by atomic mass is 9.76. The molecule has 2 saturated carbocycles. The number of esters is 2. The van der Waals surface area contributed by atoms with Crippen molar-refractivity contribution in [3.63, 3.8) is 0 Å². The number of aliphatic hydroxyl groups excluding tert-OH is 3. The van der Waals surface area contributed by atoms with Crippen molar-refractivity contribution in [3.8, 4) is 0 Å². The Kier molecular flexibility index (Phi) is 44.5. The second-order valence-corrected chi connectivity index (χ2v) is 39.6. The largest absolute Gasteiger partial charge is 0.460 e. The predicted molar refractivity (Wildman–Crippen MR) is 493 cm³/mol. The van der Waals surface area contributed by atoms with Crippen molar-refractivity contribution >= 4 is 58.5 Å². The molecule has 0 aromatic carbocycles. The third-order valence-electron chi connectivity index (χ3n) is 29.3. The number of amides is 2. The Labute approximate surface area is 774 Å². The van der Waals surface area contributed by atoms with Gasteiger partial charge in [-0.25, -0.2) is 9.59 Å². The van der Waals surface area contributed by atoms with Crippen LogP contribution in [0.1, 0.15) is 258 Å². The number of hydrogen-bond donors (Lipinski definition) is 5. The number of hydrogen-bond acceptors (Lipinski definition) is 25. The first-order valence-electron chi connectivity index (χ1n) is 48.2. The number of fused-ring (bicyclic) bond motifs is 6. The molecular weight excluding hydrogens is 1670 g/mol. The monoisotopic (exact) mass is 1830 g/mol. The van der Waals surface area contributed by atoms with Crippen LogP contribution >= 0.6 is 0 Å². The van der Waals surface area contributed by atoms with Crippen LogP contribution in [0.2, 0.25) is 0 Å². The molecule has 2 amide bonds. The van der Waals surface area contributed by atoms with Gasteiger partial charge in [0.25, 0.3) is 23.4 Å². The zero-order valence-electron chi connectivity index (χ0n) is 81.8. The fourth-order valence-electron chi connectivity index (χ4n) is 20.5. The number of cyclic esters (lactones) is 2. The number of Topliss-reactive ketones (excluding diaryl/α,β-unsaturated/α-hetero) is 6. The Morgan fingerprint density at radius 3 is 1.19 bits per heavy atom. The molecule has 4 unspecified atom stereocenters. The highest BCUT2D eigenvalue weighted by Gasteiger charge is 2.56. The number of ketones is 6. The molecule has 5 N–H and O–H groups in total. The van der Waals surface area contributed by atoms with Crippen molar-refractivity contribution in [1.82, 2.24) is 9.80 Å². The lowest BCUT2D eigenvalue weighted by molar-refractivity contribution is -0.265. The fraction of sp³-hybridized carbons (Fsp3) is 0.748. The molecule has 6 aliphatic heterocycles. The maximum absolute atomic E-state index is 14.4. The molecule has 6 fully saturated rings. The second kappa shape index (κ2) is 52.4. The van der Waals surface area contributed by atoms with Crippen molar-refractivity contribution in [2.45, 2.75) is 361 Å². The lowest BCUT2D eigenvalue weighted by Gasteiger charge is -2.42. The molecule has 0 aromatic heterocycles. The topological polar surface area (TPSA) is 371 Å². The van der Waals surface area contributed by atoms with Crippen LogP contribution in [-0.4, -0.2) is 253 Å². The molecule has 2 aliphatic carbocycles. The van der Waals surface area contributed by atoms with Gasteiger partial charge < -0.3 is 82.7 Å². The molecule has 0 radical (unpaired) electrons. The van der Waals surface area contributed by atoms with Crippen LogP contribution in [0.4, 0.5) is 0 Å². The minimum Gasteiger partial charge on any atom is -0.460 e. The van der Waals surface area contributed by atoms with Gasteiger partial charge in [-0.2, -0.15) is 0 Å². The van der Waals surface area contributed by atoms with Crippen LogP contribution in [0.5, 0.6) is 0 Å². The van der Waals surface area contributed by atoms with E-state index < -0.39 is 162 Å². The number of carbonyl (C=O) groups excluding carboxylic acids is 10. The third kappa shape index (κ3) is 30.1. The number of ether oxygens (including phenoxy) is 10. The summed E-state index contributed by atoms with van der Waals surface area (Å²) >= 11 is 0. The van der Waals surface area contributed by atoms with Gasteiger partial charge in [-0.05, 0) is 220 Å². The third-order valence-corrected chi connectivity index (χ3v) is 29.3. The first kappa shape index (κ1) is 110. The van der Waals surface area contributed by atoms with Crippen molar-refractivity contribution in [2.75, 3.05) is 55.7 Å². The van der Waals surface area contributed by atoms with E-state index in [1.165, 1.54) is 24.0 Å². The van der Waals surface area contributed by atoms with E-state index in [1.807, 2.05) is 116 Å². The van der Waals surface area contributed by atoms with E-state index in [2.05, 4.69) is 6.92 Å². The summed E-state index contributed by atoms with van der Waals surface area (Å²) in [6, 6.07) is -2.25. The van der Waals surface area contributed by atoms with Crippen LogP contribution < -0.4 is 0 Å². The summed E-state index contributed by atoms with van der Waals surface area (Å²) in [6.07, 6.45) is 24.8. The van der Waals surface area contributed by atoms with Crippen molar-refractivity contribution in [2.24, 2.45) is 76.9 Å². The van der Waals surface area contributed by atoms with Crippen LogP contribution in [0.25, 0.3) is 0 Å². The van der Waals surface area contributed by atoms with Crippen molar-refractivity contribution < 1.29 is 121 Å². The highest BCUT2D eigenvalue weighted by atomic mass is 16.6. The maximum Gasteiger partial charge on any atom is 0.329 e. The van der Waals surface area contributed by atoms with Gasteiger partial charge in [0, 0.05) is 117 Å². The Morgan fingerprint density at radius 2 is 0.815 bits per heavy atom. The molecule has 30 atom stereocenters. The molecule has 8 aliphatic rings. The first-order chi connectivity index (χ1) is 61.5. The van der Waals surface area contributed by atoms with Gasteiger partial charge in [-0.3, -0.25) is 38.4 Å². The first-order valence-corrected chi connectivity index (χ1v) is 48.2. The minimum atomic E-state index is -2.43. The zero-order valence-corrected chi connectivity index (χ0v) is 81.8. The Morgan fingerprint density at radius 1 is 0.431 bits per heavy atom. The van der Waals surface area contributed by atoms with E-state index in [0.717, 1.165) is 36.8 Å². The van der Waals surface area contributed by atoms with E-state index in [4.69, 9.17) is 47.4 Å². The standard InChI is InChI=1S/C52H81NO12.C51H79NO13/c1-31-17-13-12-14-18-32(2)44(62-10)29-40-23-21-38(8)52(60,65-40)49(57)50(58)53-24-16-15-19-41(53)51(59)64-45(35(5)27-39-22-20-33(3)43(28-39)61-9)30-42(54)34(4)26-37(7)47(56)48(63-11)46(55)36(6)25-31;1-30-16-12-11-13-17-31(2)42(61-8)28-38-21-19-36(7)51(60,65-38)48(57)49(58)52-23-15-14-18-39(52)50(59)64-43(33(4)26-37-20-22-40(53)44(27-37)62-9)29-41(54)32(3)25-35(6)46(56)47(63-10)45(55)34(5)24-30/h12-14,17-18,26,31,33-36,38-41,43-45,47-48,56,60H,15-16,19-25,27-30H2,1-11H3;11-13,16-17,25,30,32-34,36-40,42-44,46-47,53,56,60H,14-15,18-24,26-29H2,1-10H3/b14-12+,17-13+,32-18+,37-26+;13-11+,16-12+,31-17+,35-25+/t31-,33-,34-,35-,36?,38-,39+,40+,41+,43-,44+,45+,47-,48?,52-;30-,32-,33-,34?,36-,37+,38+,39+,40-,42+,43+,44-,46-,47?,51-/m11/s1. The number of aliphatic hydroxyl groups is 5. The predicted octanol–water partition coefficient (Wildman–Crippen LogP) is 13.6. The lowest BCUT2D eigenvalue weighted by Crippen LogP contribution is -2.61. The summed E-state index contributed by atoms with van der Waals surface area (Å²) < 4.78 is 59.1. The molecule has 4 saturated heterocycles. The smallest absolute Gasteiger partial charge is 0.329 e. The average Bonchev–Trinajstić information content (AvgIpc) is 0.774. The maximum atomic E-state index is 14.4. The molecular formula is C103H160N2O25. The Balaban J connectivity index is 0.000000356. The molecule has 732 valence electrons. The highest BCUT2D eigenvalue weighted by Crippen LogP contribution is 2.42. The molecule has 4 bridgehead atoms. The molecule has 130 heavy (non-hydrogen) atoms. The molecule has 27 heteroatoms. The highest BCUT2D eigenvalue weighted by molar-refractivity contribution is 6.39. The van der Waals surface area contributed by atoms with Gasteiger partial charge in [0.1, 0.15) is 60.3 Å². The van der Waals surface area contributed by atoms with Crippen LogP contribution in [-0.2, 0) is 95.3 Å². The molecule has 0 spiro atoms. The van der Waals surface area contributed by atoms with E-state index >= 15 is 0 Å². The minimum absolute atomic E-state index is 0.0193. The van der Waals surface area contributed by atoms with E-state index in [0.29, 0.717) is 120 Å². The van der Waals surface area contributed by atoms with Gasteiger partial charge >= 0.3 is 11.9 Å². The number of nitrogens with zero attached hydrogens (tertiary/aromatic N) is 2. The van der Waals surface area contributed by atoms with Crippen LogP contribution in [0, 0.1) is 76.9 Å². The van der Waals surface area contributed by atoms with Gasteiger partial charge in [0.15, 0.2) is 11.6 Å². The summed E-state index contributed by atoms with van der Waals surface area (Å²) in [5.74, 6) is -15.0. The summed E-state index contributed by atoms with van der Waals surface area (Å²) in [5.41, 5.74) is 2.57. The van der Waals surface area contributed by atoms with Gasteiger partial charge in [-0.1, -0.05) is 149 Å². The molecule has 8 rings (SSSR count). The average molecular weight is 1830 g/mol. The second-order valence-electron chi connectivity index (χ2n) is 39.6. The molecule has 27 nitrogen and oxygen atoms in total. The van der Waals surface area contributed by atoms with E-state index in [9.17, 15) is 73.5 Å². The van der Waals surface area contributed by atoms with Gasteiger partial charge in [0.05, 0.1) is 42.7 Å². The van der Waals surface area contributed by atoms with E-state index in [-0.39, 0.29) is 110 Å². The van der Waals surface area contributed by atoms with Gasteiger partial charge in [0.2, 0.25) is 11.6 Å². The summed E-state index contributed by atoms with van der Waals surface area (Å²) in [7, 11) is 9.22. The SMILES string of the molecule is COC1C(=O)C(C)C[C@H](C)/C=C/C=C/C=C(\C)[C@@H](OC)C[C@@H]2CC[C@@H](C)[C@@](O)(O2)C(=O)C(=O)N2CCCC[C@H]2C(=O)O[C@H]([C@H](C)C[C@@H]2CC[C@@H](C)[C@H](OC)C2)CC(=O)[C@H](C)/C=C(\C)[C@H]1O.COC1C(=O)C(C)C[C@H](C)/C=C/C=C/C=C(\C)[C@@H](OC)C[C@@H]2CC[C@@H](C)[C@@](O)(O2)C(=O)C(=O)N2CCCC[C@H]2C(=O)O[C@H]([C@H](C)C[C@@H]2CC[C@@H](O)[C@H](OC)C2)CC(=O)[C@H](C)/C=C(\C)[C@H]1O. The van der Waals surface area contributed by atoms with Crippen molar-refractivity contribution in [3.05, 3.63) is 95.2 Å². The van der Waals surface area contributed by atoms with E-state index in [1.54, 1.807) is 82.1 Å². The number of carbonyl (C=O) groups is 10. The number of methoxy groups -OCH3 is 6. The molecule has 6 heterocycles. The normalized spacial score (nSPS) is 40.4. The summed E-state index contributed by atoms with van der Waals surface area (Å²) in [4.78, 5) is 144. The fourth-order valence-corrected chi connectivity index (χ4v) is 20.5.